The lowest BCUT2D eigenvalue weighted by atomic mass is 10.1. The molecule has 2 atom stereocenters. The smallest absolute Gasteiger partial charge is 0.323 e. The summed E-state index contributed by atoms with van der Waals surface area (Å²) in [6, 6.07) is -0.707. The molecule has 104 valence electrons. The number of esters is 1. The van der Waals surface area contributed by atoms with E-state index in [4.69, 9.17) is 27.8 Å². The van der Waals surface area contributed by atoms with Gasteiger partial charge in [-0.2, -0.15) is 0 Å². The number of allylic oxidation sites excluding steroid dienone is 1. The van der Waals surface area contributed by atoms with Crippen molar-refractivity contribution in [3.63, 3.8) is 0 Å². The third-order valence-corrected chi connectivity index (χ3v) is 2.51. The summed E-state index contributed by atoms with van der Waals surface area (Å²) in [6.07, 6.45) is 3.25. The van der Waals surface area contributed by atoms with Gasteiger partial charge in [0.25, 0.3) is 0 Å². The van der Waals surface area contributed by atoms with Crippen molar-refractivity contribution in [3.05, 3.63) is 12.2 Å². The van der Waals surface area contributed by atoms with E-state index >= 15 is 0 Å². The van der Waals surface area contributed by atoms with Crippen LogP contribution >= 0.6 is 11.6 Å². The van der Waals surface area contributed by atoms with Crippen LogP contribution in [0, 0.1) is 5.92 Å². The first kappa shape index (κ1) is 16.9. The second-order valence-electron chi connectivity index (χ2n) is 4.32. The molecule has 0 radical (unpaired) electrons. The monoisotopic (exact) mass is 276 g/mol. The topological polar surface area (TPSA) is 95.4 Å². The quantitative estimate of drug-likeness (QED) is 0.392. The fraction of sp³-hybridized carbons (Fsp3) is 0.667. The summed E-state index contributed by atoms with van der Waals surface area (Å²) in [5.74, 6) is -0.647. The van der Waals surface area contributed by atoms with Crippen LogP contribution in [0.1, 0.15) is 26.7 Å². The lowest BCUT2D eigenvalue weighted by molar-refractivity contribution is -0.150. The van der Waals surface area contributed by atoms with Crippen LogP contribution in [0.4, 0.5) is 0 Å². The number of nitrogens with two attached hydrogens (primary N) is 2. The maximum absolute atomic E-state index is 11.6. The first-order valence-electron chi connectivity index (χ1n) is 5.85. The molecule has 0 saturated carbocycles. The molecule has 0 aromatic carbocycles. The standard InChI is InChI=1S/C12H21ClN2O3/c1-8(2)11(15)12(17)18-9(7-10(14)16)5-3-4-6-13/h3,5,8-9,11H,4,6-7,15H2,1-2H3,(H2,14,16)/b5-3+/t9-,11+/m1/s1. The molecule has 0 rings (SSSR count). The Balaban J connectivity index is 4.48. The Kier molecular flexibility index (Phi) is 8.41. The van der Waals surface area contributed by atoms with E-state index in [1.807, 2.05) is 13.8 Å². The minimum absolute atomic E-state index is 0.0291. The Hall–Kier alpha value is -1.07. The molecular formula is C12H21ClN2O3. The van der Waals surface area contributed by atoms with Crippen molar-refractivity contribution in [1.82, 2.24) is 0 Å². The Morgan fingerprint density at radius 3 is 2.44 bits per heavy atom. The predicted octanol–water partition coefficient (Wildman–Crippen LogP) is 0.942. The number of rotatable bonds is 8. The van der Waals surface area contributed by atoms with Gasteiger partial charge in [-0.3, -0.25) is 9.59 Å². The molecule has 0 heterocycles. The van der Waals surface area contributed by atoms with Crippen molar-refractivity contribution in [2.45, 2.75) is 38.8 Å². The van der Waals surface area contributed by atoms with Crippen LogP contribution in [-0.2, 0) is 14.3 Å². The van der Waals surface area contributed by atoms with E-state index in [-0.39, 0.29) is 12.3 Å². The van der Waals surface area contributed by atoms with E-state index in [2.05, 4.69) is 0 Å². The van der Waals surface area contributed by atoms with Gasteiger partial charge >= 0.3 is 5.97 Å². The SMILES string of the molecule is CC(C)[C@H](N)C(=O)O[C@H](/C=C/CCCl)CC(N)=O. The summed E-state index contributed by atoms with van der Waals surface area (Å²) in [5, 5.41) is 0. The van der Waals surface area contributed by atoms with E-state index < -0.39 is 24.0 Å². The summed E-state index contributed by atoms with van der Waals surface area (Å²) in [5.41, 5.74) is 10.7. The van der Waals surface area contributed by atoms with Crippen LogP contribution in [0.25, 0.3) is 0 Å². The summed E-state index contributed by atoms with van der Waals surface area (Å²) in [7, 11) is 0. The average Bonchev–Trinajstić information content (AvgIpc) is 2.27. The minimum atomic E-state index is -0.707. The largest absolute Gasteiger partial charge is 0.456 e. The molecule has 0 unspecified atom stereocenters. The van der Waals surface area contributed by atoms with Crippen LogP contribution in [0.15, 0.2) is 12.2 Å². The van der Waals surface area contributed by atoms with Gasteiger partial charge in [0, 0.05) is 5.88 Å². The normalized spacial score (nSPS) is 14.7. The summed E-state index contributed by atoms with van der Waals surface area (Å²) >= 11 is 5.52. The first-order chi connectivity index (χ1) is 8.38. The molecule has 0 aliphatic carbocycles. The number of ether oxygens (including phenoxy) is 1. The maximum Gasteiger partial charge on any atom is 0.323 e. The molecule has 0 fully saturated rings. The van der Waals surface area contributed by atoms with Crippen LogP contribution < -0.4 is 11.5 Å². The number of halogens is 1. The third-order valence-electron chi connectivity index (χ3n) is 2.29. The second kappa shape index (κ2) is 8.94. The Labute approximate surface area is 112 Å². The lowest BCUT2D eigenvalue weighted by Crippen LogP contribution is -2.39. The van der Waals surface area contributed by atoms with Gasteiger partial charge in [-0.15, -0.1) is 11.6 Å². The van der Waals surface area contributed by atoms with Gasteiger partial charge < -0.3 is 16.2 Å². The number of amides is 1. The van der Waals surface area contributed by atoms with Crippen LogP contribution in [0.3, 0.4) is 0 Å². The number of alkyl halides is 1. The molecule has 0 aliphatic heterocycles. The van der Waals surface area contributed by atoms with Crippen LogP contribution in [-0.4, -0.2) is 29.9 Å². The van der Waals surface area contributed by atoms with Crippen molar-refractivity contribution in [3.8, 4) is 0 Å². The highest BCUT2D eigenvalue weighted by atomic mass is 35.5. The molecule has 0 spiro atoms. The van der Waals surface area contributed by atoms with Crippen molar-refractivity contribution in [2.24, 2.45) is 17.4 Å². The number of primary amides is 1. The lowest BCUT2D eigenvalue weighted by Gasteiger charge is -2.18. The van der Waals surface area contributed by atoms with Crippen molar-refractivity contribution < 1.29 is 14.3 Å². The number of carbonyl (C=O) groups excluding carboxylic acids is 2. The zero-order valence-corrected chi connectivity index (χ0v) is 11.5. The van der Waals surface area contributed by atoms with E-state index in [9.17, 15) is 9.59 Å². The third kappa shape index (κ3) is 7.29. The first-order valence-corrected chi connectivity index (χ1v) is 6.39. The van der Waals surface area contributed by atoms with Gasteiger partial charge in [-0.05, 0) is 18.4 Å². The molecule has 18 heavy (non-hydrogen) atoms. The van der Waals surface area contributed by atoms with Gasteiger partial charge in [-0.25, -0.2) is 0 Å². The van der Waals surface area contributed by atoms with E-state index in [0.717, 1.165) is 0 Å². The number of carbonyl (C=O) groups is 2. The summed E-state index contributed by atoms with van der Waals surface area (Å²) in [6.45, 7) is 3.64. The Morgan fingerprint density at radius 2 is 2.00 bits per heavy atom. The fourth-order valence-electron chi connectivity index (χ4n) is 1.16. The molecule has 0 aliphatic rings. The molecule has 0 bridgehead atoms. The highest BCUT2D eigenvalue weighted by Gasteiger charge is 2.22. The summed E-state index contributed by atoms with van der Waals surface area (Å²) < 4.78 is 5.14. The van der Waals surface area contributed by atoms with Crippen molar-refractivity contribution in [1.29, 1.82) is 0 Å². The van der Waals surface area contributed by atoms with E-state index in [1.54, 1.807) is 12.2 Å². The molecule has 1 amide bonds. The van der Waals surface area contributed by atoms with Crippen LogP contribution in [0.2, 0.25) is 0 Å². The molecule has 0 saturated heterocycles. The van der Waals surface area contributed by atoms with Gasteiger partial charge in [0.05, 0.1) is 6.42 Å². The number of hydrogen-bond acceptors (Lipinski definition) is 4. The minimum Gasteiger partial charge on any atom is -0.456 e. The fourth-order valence-corrected chi connectivity index (χ4v) is 1.28. The van der Waals surface area contributed by atoms with Crippen LogP contribution in [0.5, 0.6) is 0 Å². The van der Waals surface area contributed by atoms with Gasteiger partial charge in [0.15, 0.2) is 0 Å². The van der Waals surface area contributed by atoms with Crippen molar-refractivity contribution in [2.75, 3.05) is 5.88 Å². The molecule has 5 nitrogen and oxygen atoms in total. The summed E-state index contributed by atoms with van der Waals surface area (Å²) in [4.78, 5) is 22.5. The van der Waals surface area contributed by atoms with Gasteiger partial charge in [0.2, 0.25) is 5.91 Å². The number of hydrogen-bond donors (Lipinski definition) is 2. The predicted molar refractivity (Wildman–Crippen MR) is 71.0 cm³/mol. The van der Waals surface area contributed by atoms with E-state index in [1.165, 1.54) is 0 Å². The molecule has 0 aromatic heterocycles. The molecule has 6 heteroatoms. The van der Waals surface area contributed by atoms with Gasteiger partial charge in [0.1, 0.15) is 12.1 Å². The zero-order chi connectivity index (χ0) is 14.1. The Bertz CT molecular complexity index is 306. The molecular weight excluding hydrogens is 256 g/mol. The molecule has 0 aromatic rings. The maximum atomic E-state index is 11.6. The zero-order valence-electron chi connectivity index (χ0n) is 10.8. The van der Waals surface area contributed by atoms with Gasteiger partial charge in [-0.1, -0.05) is 19.9 Å². The molecule has 4 N–H and O–H groups in total. The van der Waals surface area contributed by atoms with E-state index in [0.29, 0.717) is 12.3 Å². The second-order valence-corrected chi connectivity index (χ2v) is 4.70. The Morgan fingerprint density at radius 1 is 1.39 bits per heavy atom. The highest BCUT2D eigenvalue weighted by Crippen LogP contribution is 2.07. The highest BCUT2D eigenvalue weighted by molar-refractivity contribution is 6.17. The average molecular weight is 277 g/mol. The van der Waals surface area contributed by atoms with Crippen molar-refractivity contribution >= 4 is 23.5 Å².